The minimum absolute atomic E-state index is 0.236. The van der Waals surface area contributed by atoms with Crippen molar-refractivity contribution >= 4 is 0 Å². The predicted octanol–water partition coefficient (Wildman–Crippen LogP) is 9.28. The lowest BCUT2D eigenvalue weighted by Crippen LogP contribution is -2.11. The normalized spacial score (nSPS) is 18.4. The van der Waals surface area contributed by atoms with Gasteiger partial charge in [0.2, 0.25) is 0 Å². The van der Waals surface area contributed by atoms with Crippen LogP contribution in [0.3, 0.4) is 0 Å². The van der Waals surface area contributed by atoms with E-state index in [0.29, 0.717) is 6.42 Å². The van der Waals surface area contributed by atoms with E-state index in [2.05, 4.69) is 91.9 Å². The molecular formula is C33H39F. The zero-order valence-corrected chi connectivity index (χ0v) is 20.7. The fourth-order valence-electron chi connectivity index (χ4n) is 5.22. The zero-order valence-electron chi connectivity index (χ0n) is 20.7. The molecule has 178 valence electrons. The van der Waals surface area contributed by atoms with Crippen LogP contribution in [0.25, 0.3) is 11.1 Å². The van der Waals surface area contributed by atoms with Crippen LogP contribution < -0.4 is 0 Å². The van der Waals surface area contributed by atoms with Gasteiger partial charge in [0, 0.05) is 0 Å². The van der Waals surface area contributed by atoms with Crippen LogP contribution in [-0.4, -0.2) is 6.67 Å². The van der Waals surface area contributed by atoms with Gasteiger partial charge >= 0.3 is 0 Å². The molecule has 1 heteroatoms. The third-order valence-electron chi connectivity index (χ3n) is 7.41. The smallest absolute Gasteiger partial charge is 0.0897 e. The van der Waals surface area contributed by atoms with Crippen molar-refractivity contribution in [3.05, 3.63) is 107 Å². The number of hydrogen-bond acceptors (Lipinski definition) is 0. The number of aryl methyl sites for hydroxylation is 3. The van der Waals surface area contributed by atoms with Gasteiger partial charge in [-0.2, -0.15) is 0 Å². The highest BCUT2D eigenvalue weighted by Gasteiger charge is 2.20. The molecule has 1 fully saturated rings. The third kappa shape index (κ3) is 6.92. The van der Waals surface area contributed by atoms with Crippen molar-refractivity contribution < 1.29 is 4.39 Å². The van der Waals surface area contributed by atoms with E-state index < -0.39 is 0 Å². The lowest BCUT2D eigenvalue weighted by atomic mass is 9.78. The Morgan fingerprint density at radius 1 is 0.676 bits per heavy atom. The molecule has 0 heterocycles. The molecular weight excluding hydrogens is 415 g/mol. The van der Waals surface area contributed by atoms with Crippen molar-refractivity contribution in [1.29, 1.82) is 0 Å². The molecule has 3 aromatic rings. The number of allylic oxidation sites excluding steroid dienone is 2. The van der Waals surface area contributed by atoms with Crippen LogP contribution in [0.2, 0.25) is 0 Å². The average molecular weight is 455 g/mol. The summed E-state index contributed by atoms with van der Waals surface area (Å²) in [5.74, 6) is 1.52. The molecule has 0 bridgehead atoms. The molecule has 0 spiro atoms. The van der Waals surface area contributed by atoms with Gasteiger partial charge in [-0.25, -0.2) is 0 Å². The van der Waals surface area contributed by atoms with Crippen molar-refractivity contribution in [2.24, 2.45) is 5.92 Å². The summed E-state index contributed by atoms with van der Waals surface area (Å²) in [7, 11) is 0. The Balaban J connectivity index is 1.28. The van der Waals surface area contributed by atoms with E-state index in [1.54, 1.807) is 0 Å². The summed E-state index contributed by atoms with van der Waals surface area (Å²) < 4.78 is 12.3. The van der Waals surface area contributed by atoms with Gasteiger partial charge in [-0.3, -0.25) is 4.39 Å². The number of benzene rings is 3. The van der Waals surface area contributed by atoms with Crippen molar-refractivity contribution in [1.82, 2.24) is 0 Å². The van der Waals surface area contributed by atoms with Crippen molar-refractivity contribution in [3.8, 4) is 11.1 Å². The minimum atomic E-state index is -0.236. The van der Waals surface area contributed by atoms with E-state index in [1.807, 2.05) is 0 Å². The largest absolute Gasteiger partial charge is 0.251 e. The topological polar surface area (TPSA) is 0 Å². The van der Waals surface area contributed by atoms with Gasteiger partial charge in [0.1, 0.15) is 0 Å². The quantitative estimate of drug-likeness (QED) is 0.268. The Bertz CT molecular complexity index is 1000. The first kappa shape index (κ1) is 24.5. The Kier molecular flexibility index (Phi) is 9.13. The minimum Gasteiger partial charge on any atom is -0.251 e. The van der Waals surface area contributed by atoms with Gasteiger partial charge in [-0.05, 0) is 103 Å². The van der Waals surface area contributed by atoms with Gasteiger partial charge < -0.3 is 0 Å². The van der Waals surface area contributed by atoms with Gasteiger partial charge in [-0.1, -0.05) is 91.9 Å². The Hall–Kier alpha value is -2.67. The molecule has 0 aliphatic heterocycles. The molecule has 34 heavy (non-hydrogen) atoms. The molecule has 1 aliphatic carbocycles. The summed E-state index contributed by atoms with van der Waals surface area (Å²) >= 11 is 0. The molecule has 0 radical (unpaired) electrons. The molecule has 1 saturated carbocycles. The molecule has 0 N–H and O–H groups in total. The molecule has 0 nitrogen and oxygen atoms in total. The van der Waals surface area contributed by atoms with Crippen LogP contribution >= 0.6 is 0 Å². The molecule has 0 unspecified atom stereocenters. The van der Waals surface area contributed by atoms with Crippen molar-refractivity contribution in [2.75, 3.05) is 6.67 Å². The standard InChI is InChI=1S/C33H39F/c1-2-3-5-26-13-17-30(18-14-26)32-21-23-33(24-22-32)31-19-15-29(16-20-31)12-11-28-9-7-27(8-10-28)6-4-25-34/h3,5,7-10,15-16,19-24,26,30H,2,4,6,11-14,17-18,25H2,1H3/t26-,30-. The van der Waals surface area contributed by atoms with Crippen molar-refractivity contribution in [2.45, 2.75) is 70.6 Å². The van der Waals surface area contributed by atoms with E-state index in [9.17, 15) is 4.39 Å². The van der Waals surface area contributed by atoms with Gasteiger partial charge in [0.25, 0.3) is 0 Å². The maximum absolute atomic E-state index is 12.3. The van der Waals surface area contributed by atoms with E-state index >= 15 is 0 Å². The number of rotatable bonds is 10. The zero-order chi connectivity index (χ0) is 23.6. The van der Waals surface area contributed by atoms with E-state index in [-0.39, 0.29) is 6.67 Å². The fourth-order valence-corrected chi connectivity index (χ4v) is 5.22. The summed E-state index contributed by atoms with van der Waals surface area (Å²) in [6, 6.07) is 27.0. The first-order valence-electron chi connectivity index (χ1n) is 13.2. The summed E-state index contributed by atoms with van der Waals surface area (Å²) in [6.45, 7) is 1.98. The van der Waals surface area contributed by atoms with Gasteiger partial charge in [0.15, 0.2) is 0 Å². The maximum atomic E-state index is 12.3. The highest BCUT2D eigenvalue weighted by atomic mass is 19.1. The lowest BCUT2D eigenvalue weighted by Gasteiger charge is -2.27. The van der Waals surface area contributed by atoms with Crippen molar-refractivity contribution in [3.63, 3.8) is 0 Å². The fraction of sp³-hybridized carbons (Fsp3) is 0.394. The monoisotopic (exact) mass is 454 g/mol. The van der Waals surface area contributed by atoms with Crippen LogP contribution in [0.15, 0.2) is 84.9 Å². The predicted molar refractivity (Wildman–Crippen MR) is 144 cm³/mol. The Labute approximate surface area is 205 Å². The average Bonchev–Trinajstić information content (AvgIpc) is 2.91. The van der Waals surface area contributed by atoms with Crippen LogP contribution in [0.4, 0.5) is 4.39 Å². The molecule has 0 aromatic heterocycles. The molecule has 0 amide bonds. The van der Waals surface area contributed by atoms with E-state index in [0.717, 1.165) is 37.5 Å². The Morgan fingerprint density at radius 3 is 1.71 bits per heavy atom. The van der Waals surface area contributed by atoms with Crippen LogP contribution in [0.1, 0.15) is 73.6 Å². The molecule has 1 aliphatic rings. The Morgan fingerprint density at radius 2 is 1.18 bits per heavy atom. The first-order chi connectivity index (χ1) is 16.7. The molecule has 4 rings (SSSR count). The SMILES string of the molecule is CCC=C[C@H]1CC[C@H](c2ccc(-c3ccc(CCc4ccc(CCCF)cc4)cc3)cc2)CC1. The number of halogens is 1. The first-order valence-corrected chi connectivity index (χ1v) is 13.2. The summed E-state index contributed by atoms with van der Waals surface area (Å²) in [5, 5.41) is 0. The van der Waals surface area contributed by atoms with Crippen LogP contribution in [0, 0.1) is 5.92 Å². The lowest BCUT2D eigenvalue weighted by molar-refractivity contribution is 0.375. The third-order valence-corrected chi connectivity index (χ3v) is 7.41. The summed E-state index contributed by atoms with van der Waals surface area (Å²) in [4.78, 5) is 0. The second-order valence-corrected chi connectivity index (χ2v) is 9.88. The summed E-state index contributed by atoms with van der Waals surface area (Å²) in [6.07, 6.45) is 14.7. The second kappa shape index (κ2) is 12.7. The van der Waals surface area contributed by atoms with E-state index in [1.165, 1.54) is 59.1 Å². The molecule has 3 aromatic carbocycles. The van der Waals surface area contributed by atoms with E-state index in [4.69, 9.17) is 0 Å². The van der Waals surface area contributed by atoms with Gasteiger partial charge in [0.05, 0.1) is 6.67 Å². The number of hydrogen-bond donors (Lipinski definition) is 0. The van der Waals surface area contributed by atoms with Crippen LogP contribution in [0.5, 0.6) is 0 Å². The van der Waals surface area contributed by atoms with Gasteiger partial charge in [-0.15, -0.1) is 0 Å². The second-order valence-electron chi connectivity index (χ2n) is 9.88. The maximum Gasteiger partial charge on any atom is 0.0897 e. The van der Waals surface area contributed by atoms with Crippen LogP contribution in [-0.2, 0) is 19.3 Å². The summed E-state index contributed by atoms with van der Waals surface area (Å²) in [5.41, 5.74) is 8.05. The molecule has 0 saturated heterocycles. The highest BCUT2D eigenvalue weighted by molar-refractivity contribution is 5.64. The molecule has 0 atom stereocenters. The number of alkyl halides is 1. The highest BCUT2D eigenvalue weighted by Crippen LogP contribution is 2.37.